The fourth-order valence-corrected chi connectivity index (χ4v) is 3.12. The van der Waals surface area contributed by atoms with Crippen molar-refractivity contribution in [2.75, 3.05) is 20.6 Å². The summed E-state index contributed by atoms with van der Waals surface area (Å²) >= 11 is 0. The second-order valence-corrected chi connectivity index (χ2v) is 6.65. The first-order chi connectivity index (χ1) is 13.2. The predicted molar refractivity (Wildman–Crippen MR) is 125 cm³/mol. The van der Waals surface area contributed by atoms with Gasteiger partial charge in [-0.15, -0.1) is 34.2 Å². The second-order valence-electron chi connectivity index (χ2n) is 6.65. The Morgan fingerprint density at radius 1 is 1.11 bits per heavy atom. The molecule has 0 unspecified atom stereocenters. The Kier molecular flexibility index (Phi) is 8.69. The maximum absolute atomic E-state index is 4.40. The highest BCUT2D eigenvalue weighted by molar-refractivity contribution is 14.0. The molecule has 1 aromatic carbocycles. The Morgan fingerprint density at radius 2 is 1.86 bits per heavy atom. The third-order valence-electron chi connectivity index (χ3n) is 4.67. The number of hydrogen-bond donors (Lipinski definition) is 1. The summed E-state index contributed by atoms with van der Waals surface area (Å²) in [7, 11) is 3.89. The van der Waals surface area contributed by atoms with Crippen LogP contribution in [0.25, 0.3) is 5.65 Å². The SMILES string of the molecule is CCc1ccc(CN(C)C(=NC)NCCCc2nnc3ccccn23)cc1.I. The molecule has 150 valence electrons. The van der Waals surface area contributed by atoms with Gasteiger partial charge < -0.3 is 10.2 Å². The van der Waals surface area contributed by atoms with Crippen LogP contribution in [-0.2, 0) is 19.4 Å². The van der Waals surface area contributed by atoms with Crippen molar-refractivity contribution in [1.82, 2.24) is 24.8 Å². The van der Waals surface area contributed by atoms with Crippen molar-refractivity contribution >= 4 is 35.6 Å². The number of rotatable bonds is 7. The van der Waals surface area contributed by atoms with Crippen molar-refractivity contribution in [3.05, 3.63) is 65.6 Å². The zero-order chi connectivity index (χ0) is 19.1. The van der Waals surface area contributed by atoms with E-state index < -0.39 is 0 Å². The molecular formula is C21H29IN6. The Hall–Kier alpha value is -2.16. The van der Waals surface area contributed by atoms with Crippen LogP contribution in [0.5, 0.6) is 0 Å². The van der Waals surface area contributed by atoms with E-state index in [9.17, 15) is 0 Å². The molecule has 0 spiro atoms. The van der Waals surface area contributed by atoms with Gasteiger partial charge in [-0.05, 0) is 36.1 Å². The van der Waals surface area contributed by atoms with Crippen molar-refractivity contribution in [1.29, 1.82) is 0 Å². The molecule has 0 radical (unpaired) electrons. The second kappa shape index (κ2) is 11.0. The molecule has 0 bridgehead atoms. The molecule has 0 aliphatic heterocycles. The van der Waals surface area contributed by atoms with E-state index in [0.717, 1.165) is 49.8 Å². The third kappa shape index (κ3) is 5.67. The number of halogens is 1. The molecule has 6 nitrogen and oxygen atoms in total. The zero-order valence-corrected chi connectivity index (χ0v) is 19.1. The highest BCUT2D eigenvalue weighted by atomic mass is 127. The Balaban J connectivity index is 0.00000280. The van der Waals surface area contributed by atoms with Crippen LogP contribution in [-0.4, -0.2) is 46.1 Å². The zero-order valence-electron chi connectivity index (χ0n) is 16.8. The van der Waals surface area contributed by atoms with E-state index in [1.807, 2.05) is 35.8 Å². The van der Waals surface area contributed by atoms with Gasteiger partial charge in [0.05, 0.1) is 0 Å². The van der Waals surface area contributed by atoms with Gasteiger partial charge in [-0.2, -0.15) is 0 Å². The van der Waals surface area contributed by atoms with Gasteiger partial charge in [0, 0.05) is 39.8 Å². The average Bonchev–Trinajstić information content (AvgIpc) is 3.12. The molecule has 7 heteroatoms. The van der Waals surface area contributed by atoms with E-state index in [0.29, 0.717) is 0 Å². The largest absolute Gasteiger partial charge is 0.356 e. The molecule has 0 atom stereocenters. The van der Waals surface area contributed by atoms with Gasteiger partial charge in [-0.3, -0.25) is 9.39 Å². The van der Waals surface area contributed by atoms with Crippen LogP contribution in [0.3, 0.4) is 0 Å². The molecule has 3 aromatic rings. The van der Waals surface area contributed by atoms with Crippen LogP contribution < -0.4 is 5.32 Å². The summed E-state index contributed by atoms with van der Waals surface area (Å²) < 4.78 is 2.04. The molecule has 3 rings (SSSR count). The number of guanidine groups is 1. The smallest absolute Gasteiger partial charge is 0.193 e. The Bertz CT molecular complexity index is 887. The van der Waals surface area contributed by atoms with Crippen LogP contribution in [0.15, 0.2) is 53.7 Å². The summed E-state index contributed by atoms with van der Waals surface area (Å²) in [5, 5.41) is 11.9. The standard InChI is InChI=1S/C21H28N6.HI/c1-4-17-10-12-18(13-11-17)16-26(3)21(22-2)23-14-7-9-20-25-24-19-8-5-6-15-27(19)20;/h5-6,8,10-13,15H,4,7,9,14,16H2,1-3H3,(H,22,23);1H. The summed E-state index contributed by atoms with van der Waals surface area (Å²) in [6.07, 6.45) is 4.92. The summed E-state index contributed by atoms with van der Waals surface area (Å²) in [5.74, 6) is 1.90. The molecule has 2 aromatic heterocycles. The van der Waals surface area contributed by atoms with Gasteiger partial charge in [-0.1, -0.05) is 37.3 Å². The van der Waals surface area contributed by atoms with E-state index in [2.05, 4.69) is 63.6 Å². The number of fused-ring (bicyclic) bond motifs is 1. The lowest BCUT2D eigenvalue weighted by atomic mass is 10.1. The summed E-state index contributed by atoms with van der Waals surface area (Å²) in [4.78, 5) is 6.55. The molecule has 0 amide bonds. The lowest BCUT2D eigenvalue weighted by molar-refractivity contribution is 0.475. The molecule has 2 heterocycles. The number of aliphatic imine (C=N–C) groups is 1. The minimum absolute atomic E-state index is 0. The van der Waals surface area contributed by atoms with Gasteiger partial charge in [0.1, 0.15) is 5.82 Å². The molecule has 0 aliphatic carbocycles. The Morgan fingerprint density at radius 3 is 2.57 bits per heavy atom. The molecule has 0 aliphatic rings. The summed E-state index contributed by atoms with van der Waals surface area (Å²) in [6, 6.07) is 14.7. The van der Waals surface area contributed by atoms with Gasteiger partial charge in [0.15, 0.2) is 11.6 Å². The molecule has 0 fully saturated rings. The number of benzene rings is 1. The predicted octanol–water partition coefficient (Wildman–Crippen LogP) is 3.55. The highest BCUT2D eigenvalue weighted by Crippen LogP contribution is 2.08. The van der Waals surface area contributed by atoms with Crippen LogP contribution in [0, 0.1) is 0 Å². The lowest BCUT2D eigenvalue weighted by Crippen LogP contribution is -2.39. The molecule has 1 N–H and O–H groups in total. The Labute approximate surface area is 184 Å². The average molecular weight is 492 g/mol. The molecule has 0 saturated heterocycles. The van der Waals surface area contributed by atoms with Gasteiger partial charge in [0.2, 0.25) is 0 Å². The molecule has 0 saturated carbocycles. The van der Waals surface area contributed by atoms with E-state index in [1.54, 1.807) is 0 Å². The number of nitrogens with zero attached hydrogens (tertiary/aromatic N) is 5. The van der Waals surface area contributed by atoms with Crippen molar-refractivity contribution in [2.45, 2.75) is 32.7 Å². The quantitative estimate of drug-likeness (QED) is 0.237. The number of nitrogens with one attached hydrogen (secondary N) is 1. The number of aryl methyl sites for hydroxylation is 2. The summed E-state index contributed by atoms with van der Waals surface area (Å²) in [6.45, 7) is 3.85. The minimum atomic E-state index is 0. The first-order valence-corrected chi connectivity index (χ1v) is 9.49. The fraction of sp³-hybridized carbons (Fsp3) is 0.381. The highest BCUT2D eigenvalue weighted by Gasteiger charge is 2.08. The number of pyridine rings is 1. The van der Waals surface area contributed by atoms with E-state index in [4.69, 9.17) is 0 Å². The van der Waals surface area contributed by atoms with Crippen molar-refractivity contribution in [3.8, 4) is 0 Å². The van der Waals surface area contributed by atoms with Crippen molar-refractivity contribution in [3.63, 3.8) is 0 Å². The van der Waals surface area contributed by atoms with Gasteiger partial charge >= 0.3 is 0 Å². The minimum Gasteiger partial charge on any atom is -0.356 e. The fourth-order valence-electron chi connectivity index (χ4n) is 3.12. The molecular weight excluding hydrogens is 463 g/mol. The van der Waals surface area contributed by atoms with Crippen LogP contribution in [0.2, 0.25) is 0 Å². The van der Waals surface area contributed by atoms with Crippen LogP contribution in [0.4, 0.5) is 0 Å². The number of aromatic nitrogens is 3. The summed E-state index contributed by atoms with van der Waals surface area (Å²) in [5.41, 5.74) is 3.54. The van der Waals surface area contributed by atoms with Gasteiger partial charge in [-0.25, -0.2) is 0 Å². The van der Waals surface area contributed by atoms with Crippen LogP contribution >= 0.6 is 24.0 Å². The van der Waals surface area contributed by atoms with E-state index in [1.165, 1.54) is 11.1 Å². The first-order valence-electron chi connectivity index (χ1n) is 9.49. The van der Waals surface area contributed by atoms with E-state index in [-0.39, 0.29) is 24.0 Å². The third-order valence-corrected chi connectivity index (χ3v) is 4.67. The van der Waals surface area contributed by atoms with E-state index >= 15 is 0 Å². The maximum atomic E-state index is 4.40. The lowest BCUT2D eigenvalue weighted by Gasteiger charge is -2.22. The van der Waals surface area contributed by atoms with Crippen molar-refractivity contribution in [2.24, 2.45) is 4.99 Å². The number of hydrogen-bond acceptors (Lipinski definition) is 3. The van der Waals surface area contributed by atoms with Gasteiger partial charge in [0.25, 0.3) is 0 Å². The molecule has 28 heavy (non-hydrogen) atoms. The topological polar surface area (TPSA) is 57.8 Å². The van der Waals surface area contributed by atoms with Crippen LogP contribution in [0.1, 0.15) is 30.3 Å². The normalized spacial score (nSPS) is 11.3. The maximum Gasteiger partial charge on any atom is 0.193 e. The monoisotopic (exact) mass is 492 g/mol. The first kappa shape index (κ1) is 22.1. The van der Waals surface area contributed by atoms with Crippen molar-refractivity contribution < 1.29 is 0 Å².